The smallest absolute Gasteiger partial charge is 0.0366 e. The first-order valence-electron chi connectivity index (χ1n) is 2.75. The van der Waals surface area contributed by atoms with Crippen LogP contribution in [0.3, 0.4) is 0 Å². The largest absolute Gasteiger partial charge is 0.262 e. The average Bonchev–Trinajstić information content (AvgIpc) is 1.89. The molecule has 0 aliphatic rings. The molecule has 0 heterocycles. The Hall–Kier alpha value is -1.11. The summed E-state index contributed by atoms with van der Waals surface area (Å²) in [6, 6.07) is 0. The molecule has 0 aliphatic carbocycles. The molecule has 1 nitrogen and oxygen atoms in total. The fourth-order valence-electron chi connectivity index (χ4n) is 0.274. The topological polar surface area (TPSA) is 12.4 Å². The van der Waals surface area contributed by atoms with Crippen LogP contribution in [0, 0.1) is 0 Å². The van der Waals surface area contributed by atoms with Gasteiger partial charge >= 0.3 is 0 Å². The van der Waals surface area contributed by atoms with Crippen LogP contribution in [0.15, 0.2) is 42.6 Å². The monoisotopic (exact) mass is 121 g/mol. The zero-order chi connectivity index (χ0) is 7.11. The summed E-state index contributed by atoms with van der Waals surface area (Å²) < 4.78 is 0. The van der Waals surface area contributed by atoms with E-state index in [-0.39, 0.29) is 0 Å². The third-order valence-electron chi connectivity index (χ3n) is 0.796. The quantitative estimate of drug-likeness (QED) is 0.401. The number of rotatable bonds is 3. The maximum atomic E-state index is 3.98. The highest BCUT2D eigenvalue weighted by molar-refractivity contribution is 5.92. The third-order valence-corrected chi connectivity index (χ3v) is 0.796. The lowest BCUT2D eigenvalue weighted by molar-refractivity contribution is 1.54. The number of aliphatic imine (C=N–C) groups is 1. The van der Waals surface area contributed by atoms with E-state index in [1.54, 1.807) is 24.4 Å². The predicted molar refractivity (Wildman–Crippen MR) is 42.6 cm³/mol. The van der Waals surface area contributed by atoms with Gasteiger partial charge in [0, 0.05) is 11.9 Å². The first-order valence-corrected chi connectivity index (χ1v) is 2.75. The molecule has 0 aromatic rings. The number of allylic oxidation sites excluding steroid dienone is 3. The highest BCUT2D eigenvalue weighted by atomic mass is 14.7. The van der Waals surface area contributed by atoms with Crippen LogP contribution in [0.5, 0.6) is 0 Å². The van der Waals surface area contributed by atoms with Gasteiger partial charge in [0.05, 0.1) is 0 Å². The highest BCUT2D eigenvalue weighted by Gasteiger charge is 1.72. The molecule has 9 heavy (non-hydrogen) atoms. The lowest BCUT2D eigenvalue weighted by Gasteiger charge is -1.81. The fraction of sp³-hybridized carbons (Fsp3) is 0.125. The van der Waals surface area contributed by atoms with Gasteiger partial charge in [0.2, 0.25) is 0 Å². The van der Waals surface area contributed by atoms with Gasteiger partial charge < -0.3 is 0 Å². The zero-order valence-electron chi connectivity index (χ0n) is 5.67. The van der Waals surface area contributed by atoms with E-state index in [0.29, 0.717) is 0 Å². The second-order valence-electron chi connectivity index (χ2n) is 1.55. The van der Waals surface area contributed by atoms with Crippen molar-refractivity contribution in [1.29, 1.82) is 0 Å². The van der Waals surface area contributed by atoms with Gasteiger partial charge in [-0.15, -0.1) is 0 Å². The molecule has 0 saturated heterocycles. The molecule has 0 N–H and O–H groups in total. The molecule has 0 spiro atoms. The van der Waals surface area contributed by atoms with Crippen LogP contribution in [0.25, 0.3) is 0 Å². The number of hydrogen-bond acceptors (Lipinski definition) is 1. The van der Waals surface area contributed by atoms with Gasteiger partial charge in [0.1, 0.15) is 0 Å². The Balaban J connectivity index is 3.81. The first kappa shape index (κ1) is 7.89. The molecule has 0 bridgehead atoms. The van der Waals surface area contributed by atoms with Gasteiger partial charge in [-0.25, -0.2) is 0 Å². The normalized spacial score (nSPS) is 11.9. The third kappa shape index (κ3) is 4.75. The summed E-state index contributed by atoms with van der Waals surface area (Å²) in [7, 11) is 0. The Labute approximate surface area is 56.1 Å². The molecule has 1 heteroatoms. The van der Waals surface area contributed by atoms with Gasteiger partial charge in [-0.1, -0.05) is 19.2 Å². The molecule has 0 unspecified atom stereocenters. The second-order valence-corrected chi connectivity index (χ2v) is 1.55. The van der Waals surface area contributed by atoms with Gasteiger partial charge in [0.15, 0.2) is 0 Å². The van der Waals surface area contributed by atoms with Gasteiger partial charge in [-0.05, 0) is 19.1 Å². The summed E-state index contributed by atoms with van der Waals surface area (Å²) in [5.41, 5.74) is 0.910. The summed E-state index contributed by atoms with van der Waals surface area (Å²) in [5.74, 6) is 0. The average molecular weight is 121 g/mol. The fourth-order valence-corrected chi connectivity index (χ4v) is 0.274. The molecular formula is C8H11N. The number of hydrogen-bond donors (Lipinski definition) is 0. The van der Waals surface area contributed by atoms with E-state index in [0.717, 1.165) is 5.71 Å². The lowest BCUT2D eigenvalue weighted by Crippen LogP contribution is -1.78. The van der Waals surface area contributed by atoms with Crippen LogP contribution in [-0.4, -0.2) is 5.71 Å². The van der Waals surface area contributed by atoms with E-state index in [4.69, 9.17) is 0 Å². The van der Waals surface area contributed by atoms with Crippen LogP contribution >= 0.6 is 0 Å². The van der Waals surface area contributed by atoms with Crippen molar-refractivity contribution in [3.05, 3.63) is 37.6 Å². The Bertz CT molecular complexity index is 152. The van der Waals surface area contributed by atoms with Crippen molar-refractivity contribution in [2.75, 3.05) is 0 Å². The molecule has 0 aromatic heterocycles. The van der Waals surface area contributed by atoms with Gasteiger partial charge in [-0.2, -0.15) is 0 Å². The minimum Gasteiger partial charge on any atom is -0.262 e. The van der Waals surface area contributed by atoms with Crippen molar-refractivity contribution in [3.8, 4) is 0 Å². The minimum atomic E-state index is 0.910. The van der Waals surface area contributed by atoms with Crippen LogP contribution in [0.1, 0.15) is 6.92 Å². The van der Waals surface area contributed by atoms with Gasteiger partial charge in [-0.3, -0.25) is 4.99 Å². The van der Waals surface area contributed by atoms with Crippen molar-refractivity contribution >= 4 is 5.71 Å². The molecule has 0 atom stereocenters. The Morgan fingerprint density at radius 3 is 2.56 bits per heavy atom. The van der Waals surface area contributed by atoms with E-state index >= 15 is 0 Å². The summed E-state index contributed by atoms with van der Waals surface area (Å²) >= 11 is 0. The van der Waals surface area contributed by atoms with Crippen LogP contribution in [0.4, 0.5) is 0 Å². The van der Waals surface area contributed by atoms with E-state index in [2.05, 4.69) is 18.2 Å². The number of nitrogens with zero attached hydrogens (tertiary/aromatic N) is 1. The van der Waals surface area contributed by atoms with Crippen molar-refractivity contribution in [1.82, 2.24) is 0 Å². The lowest BCUT2D eigenvalue weighted by atomic mass is 10.4. The molecule has 0 aromatic carbocycles. The Morgan fingerprint density at radius 1 is 1.44 bits per heavy atom. The zero-order valence-corrected chi connectivity index (χ0v) is 5.67. The van der Waals surface area contributed by atoms with Crippen molar-refractivity contribution in [2.45, 2.75) is 6.92 Å². The summed E-state index contributed by atoms with van der Waals surface area (Å²) in [5, 5.41) is 0. The molecule has 0 rings (SSSR count). The molecule has 0 saturated carbocycles. The Kier molecular flexibility index (Phi) is 4.41. The second kappa shape index (κ2) is 5.04. The minimum absolute atomic E-state index is 0.910. The van der Waals surface area contributed by atoms with E-state index < -0.39 is 0 Å². The molecule has 48 valence electrons. The molecule has 0 fully saturated rings. The molecule has 0 amide bonds. The van der Waals surface area contributed by atoms with E-state index in [1.165, 1.54) is 0 Å². The van der Waals surface area contributed by atoms with E-state index in [9.17, 15) is 0 Å². The predicted octanol–water partition coefficient (Wildman–Crippen LogP) is 2.33. The Morgan fingerprint density at radius 2 is 2.11 bits per heavy atom. The standard InChI is InChI=1S/C8H11N/c1-4-6-7-9-8(3)5-2/h4-7H,1-2H2,3H3/b7-6-,9-8-. The van der Waals surface area contributed by atoms with Crippen molar-refractivity contribution in [3.63, 3.8) is 0 Å². The van der Waals surface area contributed by atoms with Crippen LogP contribution < -0.4 is 0 Å². The van der Waals surface area contributed by atoms with Crippen LogP contribution in [0.2, 0.25) is 0 Å². The van der Waals surface area contributed by atoms with Crippen molar-refractivity contribution in [2.24, 2.45) is 4.99 Å². The summed E-state index contributed by atoms with van der Waals surface area (Å²) in [6.07, 6.45) is 6.84. The van der Waals surface area contributed by atoms with Crippen LogP contribution in [-0.2, 0) is 0 Å². The highest BCUT2D eigenvalue weighted by Crippen LogP contribution is 1.80. The summed E-state index contributed by atoms with van der Waals surface area (Å²) in [4.78, 5) is 3.98. The first-order chi connectivity index (χ1) is 4.31. The molecular weight excluding hydrogens is 110 g/mol. The van der Waals surface area contributed by atoms with Gasteiger partial charge in [0.25, 0.3) is 0 Å². The van der Waals surface area contributed by atoms with Crippen molar-refractivity contribution < 1.29 is 0 Å². The SMILES string of the molecule is C=C/C=C\N=C(\C)C=C. The molecule has 0 radical (unpaired) electrons. The maximum Gasteiger partial charge on any atom is 0.0366 e. The summed E-state index contributed by atoms with van der Waals surface area (Å²) in [6.45, 7) is 8.94. The van der Waals surface area contributed by atoms with E-state index in [1.807, 2.05) is 6.92 Å². The molecule has 0 aliphatic heterocycles. The maximum absolute atomic E-state index is 3.98.